The van der Waals surface area contributed by atoms with Gasteiger partial charge in [-0.15, -0.1) is 0 Å². The van der Waals surface area contributed by atoms with E-state index in [9.17, 15) is 4.79 Å². The highest BCUT2D eigenvalue weighted by Crippen LogP contribution is 2.19. The van der Waals surface area contributed by atoms with E-state index in [0.29, 0.717) is 6.54 Å². The van der Waals surface area contributed by atoms with Crippen LogP contribution in [0.4, 0.5) is 0 Å². The molecule has 5 nitrogen and oxygen atoms in total. The smallest absolute Gasteiger partial charge is 0.251 e. The lowest BCUT2D eigenvalue weighted by molar-refractivity contribution is 0.0953. The second-order valence-corrected chi connectivity index (χ2v) is 8.97. The van der Waals surface area contributed by atoms with Crippen molar-refractivity contribution in [3.8, 4) is 5.75 Å². The fraction of sp³-hybridized carbons (Fsp3) is 0.333. The Labute approximate surface area is 208 Å². The van der Waals surface area contributed by atoms with E-state index in [4.69, 9.17) is 9.72 Å². The number of nitrogens with zero attached hydrogens (tertiary/aromatic N) is 2. The first kappa shape index (κ1) is 24.5. The lowest BCUT2D eigenvalue weighted by Gasteiger charge is -2.10. The number of benzene rings is 3. The Bertz CT molecular complexity index is 1200. The maximum absolute atomic E-state index is 12.2. The Morgan fingerprint density at radius 1 is 0.857 bits per heavy atom. The summed E-state index contributed by atoms with van der Waals surface area (Å²) in [6.45, 7) is 4.39. The Morgan fingerprint density at radius 2 is 1.63 bits per heavy atom. The molecule has 1 amide bonds. The van der Waals surface area contributed by atoms with Crippen LogP contribution in [0.1, 0.15) is 53.8 Å². The molecule has 1 heterocycles. The molecule has 0 radical (unpaired) electrons. The first-order chi connectivity index (χ1) is 17.2. The molecule has 5 heteroatoms. The van der Waals surface area contributed by atoms with E-state index < -0.39 is 0 Å². The van der Waals surface area contributed by atoms with E-state index in [0.717, 1.165) is 79.9 Å². The Morgan fingerprint density at radius 3 is 2.46 bits per heavy atom. The van der Waals surface area contributed by atoms with E-state index in [1.54, 1.807) is 0 Å². The van der Waals surface area contributed by atoms with Crippen LogP contribution in [0.25, 0.3) is 11.0 Å². The van der Waals surface area contributed by atoms with Gasteiger partial charge in [-0.05, 0) is 69.0 Å². The van der Waals surface area contributed by atoms with Gasteiger partial charge in [-0.2, -0.15) is 0 Å². The number of ether oxygens (including phenoxy) is 1. The molecule has 1 aromatic heterocycles. The summed E-state index contributed by atoms with van der Waals surface area (Å²) in [5.41, 5.74) is 4.15. The van der Waals surface area contributed by atoms with Crippen molar-refractivity contribution in [2.75, 3.05) is 13.2 Å². The van der Waals surface area contributed by atoms with Gasteiger partial charge < -0.3 is 14.6 Å². The zero-order valence-electron chi connectivity index (χ0n) is 20.6. The molecular formula is C30H35N3O2. The summed E-state index contributed by atoms with van der Waals surface area (Å²) in [7, 11) is 0. The third kappa shape index (κ3) is 7.19. The van der Waals surface area contributed by atoms with Crippen LogP contribution >= 0.6 is 0 Å². The number of hydrogen-bond acceptors (Lipinski definition) is 3. The third-order valence-electron chi connectivity index (χ3n) is 6.20. The van der Waals surface area contributed by atoms with Gasteiger partial charge in [-0.25, -0.2) is 4.98 Å². The second kappa shape index (κ2) is 12.7. The molecular weight excluding hydrogens is 434 g/mol. The van der Waals surface area contributed by atoms with Crippen LogP contribution in [0.2, 0.25) is 0 Å². The average molecular weight is 470 g/mol. The van der Waals surface area contributed by atoms with Crippen molar-refractivity contribution in [1.82, 2.24) is 14.9 Å². The number of carbonyl (C=O) groups excluding carboxylic acids is 1. The number of aryl methyl sites for hydroxylation is 3. The Hall–Kier alpha value is -3.60. The number of para-hydroxylation sites is 3. The number of imidazole rings is 1. The maximum atomic E-state index is 12.2. The number of aromatic nitrogens is 2. The highest BCUT2D eigenvalue weighted by Gasteiger charge is 2.10. The van der Waals surface area contributed by atoms with E-state index in [2.05, 4.69) is 28.1 Å². The minimum Gasteiger partial charge on any atom is -0.494 e. The van der Waals surface area contributed by atoms with E-state index in [1.807, 2.05) is 67.6 Å². The predicted octanol–water partition coefficient (Wildman–Crippen LogP) is 6.35. The van der Waals surface area contributed by atoms with Crippen molar-refractivity contribution < 1.29 is 9.53 Å². The van der Waals surface area contributed by atoms with Gasteiger partial charge in [-0.1, -0.05) is 54.4 Å². The molecule has 0 spiro atoms. The van der Waals surface area contributed by atoms with Gasteiger partial charge >= 0.3 is 0 Å². The molecule has 0 aliphatic heterocycles. The molecule has 3 aromatic carbocycles. The lowest BCUT2D eigenvalue weighted by Crippen LogP contribution is -2.24. The summed E-state index contributed by atoms with van der Waals surface area (Å²) in [4.78, 5) is 17.2. The minimum absolute atomic E-state index is 0.00281. The van der Waals surface area contributed by atoms with Crippen molar-refractivity contribution >= 4 is 16.9 Å². The third-order valence-corrected chi connectivity index (χ3v) is 6.20. The van der Waals surface area contributed by atoms with E-state index in [-0.39, 0.29) is 5.91 Å². The normalized spacial score (nSPS) is 11.0. The van der Waals surface area contributed by atoms with Crippen molar-refractivity contribution in [3.05, 3.63) is 95.8 Å². The zero-order chi connectivity index (χ0) is 24.3. The number of fused-ring (bicyclic) bond motifs is 1. The van der Waals surface area contributed by atoms with Gasteiger partial charge in [0.1, 0.15) is 11.6 Å². The standard InChI is InChI=1S/C30H35N3O2/c1-24-17-19-25(20-18-24)30(34)31-21-9-3-6-16-29-32-27-14-7-8-15-28(27)33(29)22-10-11-23-35-26-12-4-2-5-13-26/h2,4-5,7-8,12-15,17-20H,3,6,9-11,16,21-23H2,1H3,(H,31,34). The van der Waals surface area contributed by atoms with Gasteiger partial charge in [0.2, 0.25) is 0 Å². The molecule has 1 N–H and O–H groups in total. The molecule has 0 aliphatic rings. The van der Waals surface area contributed by atoms with Crippen molar-refractivity contribution in [2.45, 2.75) is 52.0 Å². The molecule has 0 saturated heterocycles. The summed E-state index contributed by atoms with van der Waals surface area (Å²) in [6, 6.07) is 26.1. The van der Waals surface area contributed by atoms with Crippen LogP contribution in [0.5, 0.6) is 5.75 Å². The predicted molar refractivity (Wildman–Crippen MR) is 142 cm³/mol. The molecule has 0 fully saturated rings. The average Bonchev–Trinajstić information content (AvgIpc) is 3.24. The molecule has 182 valence electrons. The van der Waals surface area contributed by atoms with Gasteiger partial charge in [0, 0.05) is 25.1 Å². The molecule has 35 heavy (non-hydrogen) atoms. The van der Waals surface area contributed by atoms with Crippen LogP contribution in [-0.2, 0) is 13.0 Å². The van der Waals surface area contributed by atoms with E-state index >= 15 is 0 Å². The SMILES string of the molecule is Cc1ccc(C(=O)NCCCCCc2nc3ccccc3n2CCCCOc2ccccc2)cc1. The summed E-state index contributed by atoms with van der Waals surface area (Å²) in [6.07, 6.45) is 6.08. The summed E-state index contributed by atoms with van der Waals surface area (Å²) < 4.78 is 8.21. The van der Waals surface area contributed by atoms with Crippen LogP contribution in [0.3, 0.4) is 0 Å². The van der Waals surface area contributed by atoms with Crippen LogP contribution in [0, 0.1) is 6.92 Å². The number of carbonyl (C=O) groups is 1. The second-order valence-electron chi connectivity index (χ2n) is 8.97. The largest absolute Gasteiger partial charge is 0.494 e. The Balaban J connectivity index is 1.21. The number of rotatable bonds is 13. The van der Waals surface area contributed by atoms with Crippen molar-refractivity contribution in [1.29, 1.82) is 0 Å². The number of nitrogens with one attached hydrogen (secondary N) is 1. The molecule has 0 atom stereocenters. The Kier molecular flexibility index (Phi) is 8.93. The molecule has 4 aromatic rings. The van der Waals surface area contributed by atoms with Crippen LogP contribution in [0.15, 0.2) is 78.9 Å². The van der Waals surface area contributed by atoms with Gasteiger partial charge in [0.15, 0.2) is 0 Å². The fourth-order valence-electron chi connectivity index (χ4n) is 4.24. The van der Waals surface area contributed by atoms with E-state index in [1.165, 1.54) is 5.52 Å². The molecule has 0 unspecified atom stereocenters. The first-order valence-corrected chi connectivity index (χ1v) is 12.7. The van der Waals surface area contributed by atoms with Gasteiger partial charge in [-0.3, -0.25) is 4.79 Å². The van der Waals surface area contributed by atoms with Gasteiger partial charge in [0.25, 0.3) is 5.91 Å². The molecule has 0 aliphatic carbocycles. The van der Waals surface area contributed by atoms with Crippen LogP contribution in [-0.4, -0.2) is 28.6 Å². The fourth-order valence-corrected chi connectivity index (χ4v) is 4.24. The monoisotopic (exact) mass is 469 g/mol. The molecule has 0 saturated carbocycles. The molecule has 4 rings (SSSR count). The lowest BCUT2D eigenvalue weighted by atomic mass is 10.1. The van der Waals surface area contributed by atoms with Crippen molar-refractivity contribution in [3.63, 3.8) is 0 Å². The maximum Gasteiger partial charge on any atom is 0.251 e. The van der Waals surface area contributed by atoms with Crippen LogP contribution < -0.4 is 10.1 Å². The zero-order valence-corrected chi connectivity index (χ0v) is 20.6. The topological polar surface area (TPSA) is 56.2 Å². The summed E-state index contributed by atoms with van der Waals surface area (Å²) >= 11 is 0. The van der Waals surface area contributed by atoms with Crippen molar-refractivity contribution in [2.24, 2.45) is 0 Å². The highest BCUT2D eigenvalue weighted by molar-refractivity contribution is 5.94. The number of unbranched alkanes of at least 4 members (excludes halogenated alkanes) is 3. The summed E-state index contributed by atoms with van der Waals surface area (Å²) in [5.74, 6) is 2.08. The number of amides is 1. The number of hydrogen-bond donors (Lipinski definition) is 1. The highest BCUT2D eigenvalue weighted by atomic mass is 16.5. The van der Waals surface area contributed by atoms with Gasteiger partial charge in [0.05, 0.1) is 17.6 Å². The summed E-state index contributed by atoms with van der Waals surface area (Å²) in [5, 5.41) is 3.03. The minimum atomic E-state index is 0.00281. The molecule has 0 bridgehead atoms. The quantitative estimate of drug-likeness (QED) is 0.232. The first-order valence-electron chi connectivity index (χ1n) is 12.7.